The summed E-state index contributed by atoms with van der Waals surface area (Å²) in [7, 11) is 0. The van der Waals surface area contributed by atoms with E-state index in [2.05, 4.69) is 5.32 Å². The lowest BCUT2D eigenvalue weighted by Gasteiger charge is -2.19. The van der Waals surface area contributed by atoms with E-state index in [1.54, 1.807) is 13.8 Å². The number of carbonyl (C=O) groups is 1. The Hall–Kier alpha value is -1.86. The third kappa shape index (κ3) is 4.79. The van der Waals surface area contributed by atoms with Crippen LogP contribution in [-0.4, -0.2) is 28.1 Å². The summed E-state index contributed by atoms with van der Waals surface area (Å²) in [5, 5.41) is 27.2. The molecule has 8 heteroatoms. The smallest absolute Gasteiger partial charge is 0.326 e. The van der Waals surface area contributed by atoms with E-state index in [0.29, 0.717) is 6.42 Å². The van der Waals surface area contributed by atoms with Crippen LogP contribution >= 0.6 is 0 Å². The molecule has 2 unspecified atom stereocenters. The molecule has 86 valence electrons. The minimum atomic E-state index is -1.14. The summed E-state index contributed by atoms with van der Waals surface area (Å²) >= 11 is 0. The van der Waals surface area contributed by atoms with Gasteiger partial charge in [0.1, 0.15) is 6.04 Å². The Labute approximate surface area is 86.3 Å². The highest BCUT2D eigenvalue weighted by molar-refractivity contribution is 5.83. The van der Waals surface area contributed by atoms with Crippen LogP contribution in [0.4, 0.5) is 0 Å². The van der Waals surface area contributed by atoms with Crippen molar-refractivity contribution in [1.29, 1.82) is 5.41 Å². The van der Waals surface area contributed by atoms with Crippen molar-refractivity contribution in [2.75, 3.05) is 0 Å². The monoisotopic (exact) mass is 218 g/mol. The molecule has 15 heavy (non-hydrogen) atoms. The van der Waals surface area contributed by atoms with Gasteiger partial charge >= 0.3 is 5.97 Å². The largest absolute Gasteiger partial charge is 0.480 e. The van der Waals surface area contributed by atoms with Crippen molar-refractivity contribution in [3.63, 3.8) is 0 Å². The summed E-state index contributed by atoms with van der Waals surface area (Å²) < 4.78 is 0. The Bertz CT molecular complexity index is 268. The molecular weight excluding hydrogens is 204 g/mol. The number of guanidine groups is 1. The fourth-order valence-corrected chi connectivity index (χ4v) is 0.962. The number of hydrogen-bond donors (Lipinski definition) is 4. The number of carboxylic acid groups (broad SMARTS) is 1. The molecule has 0 aromatic heterocycles. The first-order valence-electron chi connectivity index (χ1n) is 4.37. The fourth-order valence-electron chi connectivity index (χ4n) is 0.962. The van der Waals surface area contributed by atoms with E-state index in [9.17, 15) is 14.9 Å². The van der Waals surface area contributed by atoms with Gasteiger partial charge in [-0.15, -0.1) is 0 Å². The molecule has 0 heterocycles. The van der Waals surface area contributed by atoms with Crippen molar-refractivity contribution in [1.82, 2.24) is 10.7 Å². The zero-order valence-corrected chi connectivity index (χ0v) is 8.48. The lowest BCUT2D eigenvalue weighted by molar-refractivity contribution is -0.525. The van der Waals surface area contributed by atoms with Crippen molar-refractivity contribution in [2.45, 2.75) is 26.3 Å². The summed E-state index contributed by atoms with van der Waals surface area (Å²) in [6.07, 6.45) is 0.593. The van der Waals surface area contributed by atoms with Gasteiger partial charge in [-0.2, -0.15) is 0 Å². The second-order valence-corrected chi connectivity index (χ2v) is 3.09. The van der Waals surface area contributed by atoms with Crippen LogP contribution in [0.2, 0.25) is 0 Å². The van der Waals surface area contributed by atoms with Crippen LogP contribution in [-0.2, 0) is 4.79 Å². The molecule has 0 saturated heterocycles. The molecule has 0 aliphatic heterocycles. The Balaban J connectivity index is 4.35. The molecule has 0 aliphatic carbocycles. The number of nitrogens with one attached hydrogen (secondary N) is 3. The van der Waals surface area contributed by atoms with Crippen LogP contribution in [0.15, 0.2) is 0 Å². The number of hydrogen-bond acceptors (Lipinski definition) is 4. The first kappa shape index (κ1) is 13.1. The summed E-state index contributed by atoms with van der Waals surface area (Å²) in [5.74, 6) is -2.00. The average Bonchev–Trinajstić information content (AvgIpc) is 2.11. The predicted molar refractivity (Wildman–Crippen MR) is 51.9 cm³/mol. The number of nitrogens with zero attached hydrogens (tertiary/aromatic N) is 1. The topological polar surface area (TPSA) is 128 Å². The maximum absolute atomic E-state index is 10.8. The van der Waals surface area contributed by atoms with E-state index in [1.165, 1.54) is 5.43 Å². The molecule has 0 rings (SSSR count). The minimum Gasteiger partial charge on any atom is -0.480 e. The zero-order valence-electron chi connectivity index (χ0n) is 8.48. The highest BCUT2D eigenvalue weighted by atomic mass is 16.7. The van der Waals surface area contributed by atoms with Gasteiger partial charge in [-0.1, -0.05) is 25.7 Å². The van der Waals surface area contributed by atoms with Gasteiger partial charge in [0.2, 0.25) is 0 Å². The van der Waals surface area contributed by atoms with Crippen molar-refractivity contribution in [2.24, 2.45) is 5.92 Å². The molecule has 2 atom stereocenters. The maximum Gasteiger partial charge on any atom is 0.326 e. The third-order valence-corrected chi connectivity index (χ3v) is 1.98. The molecule has 4 N–H and O–H groups in total. The first-order valence-corrected chi connectivity index (χ1v) is 4.37. The molecule has 8 nitrogen and oxygen atoms in total. The Morgan fingerprint density at radius 1 is 1.67 bits per heavy atom. The lowest BCUT2D eigenvalue weighted by Crippen LogP contribution is -2.50. The summed E-state index contributed by atoms with van der Waals surface area (Å²) in [4.78, 5) is 20.7. The number of aliphatic carboxylic acids is 1. The van der Waals surface area contributed by atoms with E-state index < -0.39 is 23.0 Å². The SMILES string of the molecule is CCC(C)C(NC(=N)N[N+](=O)[O-])C(=O)O. The normalized spacial score (nSPS) is 13.7. The van der Waals surface area contributed by atoms with Crippen LogP contribution < -0.4 is 10.7 Å². The van der Waals surface area contributed by atoms with Gasteiger partial charge in [0, 0.05) is 0 Å². The standard InChI is InChI=1S/C7H14N4O4/c1-3-4(2)5(6(12)13)9-7(8)10-11(14)15/h4-5H,3H2,1-2H3,(H,12,13)(H3,8,9,10). The van der Waals surface area contributed by atoms with Crippen LogP contribution in [0.5, 0.6) is 0 Å². The molecule has 0 fully saturated rings. The quantitative estimate of drug-likeness (QED) is 0.219. The molecule has 0 aliphatic rings. The minimum absolute atomic E-state index is 0.226. The number of carboxylic acids is 1. The average molecular weight is 218 g/mol. The van der Waals surface area contributed by atoms with E-state index in [0.717, 1.165) is 0 Å². The van der Waals surface area contributed by atoms with Crippen molar-refractivity contribution >= 4 is 11.9 Å². The number of nitro groups is 1. The van der Waals surface area contributed by atoms with Gasteiger partial charge in [-0.25, -0.2) is 14.9 Å². The summed E-state index contributed by atoms with van der Waals surface area (Å²) in [5.41, 5.74) is 1.54. The predicted octanol–water partition coefficient (Wildman–Crippen LogP) is -0.209. The lowest BCUT2D eigenvalue weighted by atomic mass is 9.99. The summed E-state index contributed by atoms with van der Waals surface area (Å²) in [6.45, 7) is 3.48. The Kier molecular flexibility index (Phi) is 5.07. The fraction of sp³-hybridized carbons (Fsp3) is 0.714. The molecule has 0 aromatic carbocycles. The molecule has 0 amide bonds. The van der Waals surface area contributed by atoms with Crippen LogP contribution in [0, 0.1) is 21.4 Å². The molecule has 0 bridgehead atoms. The molecule has 0 radical (unpaired) electrons. The third-order valence-electron chi connectivity index (χ3n) is 1.98. The van der Waals surface area contributed by atoms with Gasteiger partial charge in [-0.05, 0) is 5.92 Å². The second-order valence-electron chi connectivity index (χ2n) is 3.09. The van der Waals surface area contributed by atoms with Crippen LogP contribution in [0.3, 0.4) is 0 Å². The van der Waals surface area contributed by atoms with Gasteiger partial charge in [0.05, 0.1) is 0 Å². The Morgan fingerprint density at radius 2 is 2.20 bits per heavy atom. The highest BCUT2D eigenvalue weighted by Gasteiger charge is 2.24. The van der Waals surface area contributed by atoms with Crippen LogP contribution in [0.25, 0.3) is 0 Å². The van der Waals surface area contributed by atoms with E-state index in [1.807, 2.05) is 0 Å². The van der Waals surface area contributed by atoms with Crippen molar-refractivity contribution in [3.8, 4) is 0 Å². The summed E-state index contributed by atoms with van der Waals surface area (Å²) in [6, 6.07) is -1.00. The van der Waals surface area contributed by atoms with Crippen LogP contribution in [0.1, 0.15) is 20.3 Å². The van der Waals surface area contributed by atoms with E-state index >= 15 is 0 Å². The molecule has 0 saturated carbocycles. The van der Waals surface area contributed by atoms with Gasteiger partial charge in [0.15, 0.2) is 5.03 Å². The zero-order chi connectivity index (χ0) is 12.0. The van der Waals surface area contributed by atoms with Gasteiger partial charge in [-0.3, -0.25) is 5.41 Å². The molecule has 0 aromatic rings. The molecular formula is C7H14N4O4. The first-order chi connectivity index (χ1) is 6.88. The highest BCUT2D eigenvalue weighted by Crippen LogP contribution is 2.07. The van der Waals surface area contributed by atoms with Crippen molar-refractivity contribution in [3.05, 3.63) is 10.1 Å². The number of rotatable bonds is 5. The second kappa shape index (κ2) is 5.78. The van der Waals surface area contributed by atoms with Gasteiger partial charge in [0.25, 0.3) is 5.96 Å². The van der Waals surface area contributed by atoms with E-state index in [4.69, 9.17) is 10.5 Å². The molecule has 0 spiro atoms. The maximum atomic E-state index is 10.8. The van der Waals surface area contributed by atoms with Gasteiger partial charge < -0.3 is 10.4 Å². The number of hydrazine groups is 1. The Morgan fingerprint density at radius 3 is 2.53 bits per heavy atom. The van der Waals surface area contributed by atoms with Crippen molar-refractivity contribution < 1.29 is 14.9 Å². The van der Waals surface area contributed by atoms with E-state index in [-0.39, 0.29) is 5.92 Å².